The Morgan fingerprint density at radius 2 is 1.82 bits per heavy atom. The van der Waals surface area contributed by atoms with Crippen LogP contribution in [0.5, 0.6) is 11.6 Å². The van der Waals surface area contributed by atoms with E-state index in [2.05, 4.69) is 30.6 Å². The second-order valence-corrected chi connectivity index (χ2v) is 16.7. The monoisotopic (exact) mass is 840 g/mol. The SMILES string of the molecule is Cc1ncsc1-c1ccc(C(C)NC(=O)[C@@H]2C[C@@H](O)CN2C(=O)C(c2cc(OCCN3CC(n4cc(C(F)F)c5nnc(-c6ccccc6O)cc54)C3)no2)C(C)C)cc1. The number of aromatic hydroxyl groups is 1. The van der Waals surface area contributed by atoms with Gasteiger partial charge < -0.3 is 34.3 Å². The number of nitrogens with one attached hydrogen (secondary N) is 1. The number of alkyl halides is 2. The van der Waals surface area contributed by atoms with Crippen molar-refractivity contribution in [2.45, 2.75) is 70.7 Å². The van der Waals surface area contributed by atoms with Crippen LogP contribution in [0.1, 0.15) is 74.2 Å². The largest absolute Gasteiger partial charge is 0.507 e. The number of likely N-dealkylation sites (tertiary alicyclic amines) is 2. The van der Waals surface area contributed by atoms with Gasteiger partial charge in [0.25, 0.3) is 12.3 Å². The lowest BCUT2D eigenvalue weighted by Gasteiger charge is -2.40. The van der Waals surface area contributed by atoms with E-state index in [1.807, 2.05) is 57.5 Å². The van der Waals surface area contributed by atoms with Crippen molar-refractivity contribution in [2.75, 3.05) is 32.8 Å². The zero-order chi connectivity index (χ0) is 42.2. The molecule has 4 atom stereocenters. The number of hydrogen-bond acceptors (Lipinski definition) is 12. The van der Waals surface area contributed by atoms with Crippen molar-refractivity contribution in [3.05, 3.63) is 95.0 Å². The lowest BCUT2D eigenvalue weighted by Crippen LogP contribution is -2.48. The average molecular weight is 841 g/mol. The van der Waals surface area contributed by atoms with Crippen molar-refractivity contribution in [2.24, 2.45) is 5.92 Å². The number of halogens is 2. The van der Waals surface area contributed by atoms with Gasteiger partial charge in [-0.3, -0.25) is 14.5 Å². The molecule has 8 rings (SSSR count). The second-order valence-electron chi connectivity index (χ2n) is 15.8. The Morgan fingerprint density at radius 1 is 1.05 bits per heavy atom. The van der Waals surface area contributed by atoms with E-state index in [1.54, 1.807) is 46.2 Å². The fourth-order valence-corrected chi connectivity index (χ4v) is 8.94. The van der Waals surface area contributed by atoms with Crippen LogP contribution in [0.4, 0.5) is 8.78 Å². The summed E-state index contributed by atoms with van der Waals surface area (Å²) < 4.78 is 41.4. The van der Waals surface area contributed by atoms with Crippen LogP contribution in [0.3, 0.4) is 0 Å². The number of phenolic OH excluding ortho intramolecular Hbond substituents is 1. The Bertz CT molecular complexity index is 2480. The molecule has 2 aliphatic rings. The molecule has 60 heavy (non-hydrogen) atoms. The highest BCUT2D eigenvalue weighted by atomic mass is 32.1. The van der Waals surface area contributed by atoms with Crippen LogP contribution >= 0.6 is 11.3 Å². The molecule has 2 aliphatic heterocycles. The maximum atomic E-state index is 14.1. The van der Waals surface area contributed by atoms with Crippen molar-refractivity contribution in [3.8, 4) is 33.3 Å². The van der Waals surface area contributed by atoms with E-state index in [-0.39, 0.29) is 72.1 Å². The maximum Gasteiger partial charge on any atom is 0.267 e. The first-order valence-electron chi connectivity index (χ1n) is 19.9. The molecule has 0 bridgehead atoms. The molecule has 2 unspecified atom stereocenters. The van der Waals surface area contributed by atoms with Gasteiger partial charge >= 0.3 is 0 Å². The Hall–Kier alpha value is -5.78. The number of rotatable bonds is 14. The molecule has 2 aromatic carbocycles. The van der Waals surface area contributed by atoms with Gasteiger partial charge in [0.05, 0.1) is 51.0 Å². The summed E-state index contributed by atoms with van der Waals surface area (Å²) in [5.41, 5.74) is 6.01. The van der Waals surface area contributed by atoms with E-state index in [0.717, 1.165) is 21.7 Å². The van der Waals surface area contributed by atoms with Crippen molar-refractivity contribution < 1.29 is 37.8 Å². The minimum absolute atomic E-state index is 0.0131. The molecular weight excluding hydrogens is 795 g/mol. The summed E-state index contributed by atoms with van der Waals surface area (Å²) in [5, 5.41) is 36.4. The number of amides is 2. The first-order chi connectivity index (χ1) is 28.9. The van der Waals surface area contributed by atoms with Gasteiger partial charge in [-0.05, 0) is 54.2 Å². The Labute approximate surface area is 348 Å². The number of aliphatic hydroxyl groups excluding tert-OH is 1. The number of aromatic nitrogens is 5. The number of carbonyl (C=O) groups excluding carboxylic acids is 2. The van der Waals surface area contributed by atoms with Crippen molar-refractivity contribution >= 4 is 34.2 Å². The van der Waals surface area contributed by atoms with Crippen molar-refractivity contribution in [3.63, 3.8) is 0 Å². The summed E-state index contributed by atoms with van der Waals surface area (Å²) in [4.78, 5) is 36.8. The zero-order valence-corrected chi connectivity index (χ0v) is 34.4. The van der Waals surface area contributed by atoms with Gasteiger partial charge in [-0.25, -0.2) is 13.8 Å². The highest BCUT2D eigenvalue weighted by Crippen LogP contribution is 2.37. The highest BCUT2D eigenvalue weighted by molar-refractivity contribution is 7.13. The topological polar surface area (TPSA) is 172 Å². The lowest BCUT2D eigenvalue weighted by atomic mass is 9.91. The van der Waals surface area contributed by atoms with Crippen LogP contribution < -0.4 is 10.1 Å². The molecule has 0 radical (unpaired) electrons. The summed E-state index contributed by atoms with van der Waals surface area (Å²) in [6.45, 7) is 9.55. The van der Waals surface area contributed by atoms with Crippen LogP contribution in [-0.2, 0) is 9.59 Å². The molecular formula is C43H46F2N8O6S. The molecule has 14 nitrogen and oxygen atoms in total. The summed E-state index contributed by atoms with van der Waals surface area (Å²) in [7, 11) is 0. The van der Waals surface area contributed by atoms with Crippen LogP contribution in [-0.4, -0.2) is 102 Å². The Balaban J connectivity index is 0.868. The van der Waals surface area contributed by atoms with Gasteiger partial charge in [0, 0.05) is 50.4 Å². The Morgan fingerprint density at radius 3 is 2.52 bits per heavy atom. The zero-order valence-electron chi connectivity index (χ0n) is 33.5. The number of para-hydroxylation sites is 1. The maximum absolute atomic E-state index is 14.1. The molecule has 6 aromatic rings. The highest BCUT2D eigenvalue weighted by Gasteiger charge is 2.43. The molecule has 2 fully saturated rings. The van der Waals surface area contributed by atoms with Crippen LogP contribution in [0.25, 0.3) is 32.7 Å². The van der Waals surface area contributed by atoms with Crippen LogP contribution in [0, 0.1) is 12.8 Å². The number of phenols is 1. The molecule has 3 N–H and O–H groups in total. The summed E-state index contributed by atoms with van der Waals surface area (Å²) in [6, 6.07) is 16.6. The number of carbonyl (C=O) groups is 2. The number of aryl methyl sites for hydroxylation is 1. The number of benzene rings is 2. The van der Waals surface area contributed by atoms with E-state index in [4.69, 9.17) is 9.26 Å². The van der Waals surface area contributed by atoms with E-state index in [0.29, 0.717) is 42.2 Å². The number of β-amino-alcohol motifs (C(OH)–C–C–N with tert-alkyl or cyclic N) is 1. The van der Waals surface area contributed by atoms with Gasteiger partial charge in [0.15, 0.2) is 5.76 Å². The third-order valence-electron chi connectivity index (χ3n) is 11.4. The average Bonchev–Trinajstić information content (AvgIpc) is 4.02. The van der Waals surface area contributed by atoms with E-state index in [9.17, 15) is 28.6 Å². The second kappa shape index (κ2) is 17.1. The molecule has 0 aliphatic carbocycles. The van der Waals surface area contributed by atoms with Gasteiger partial charge in [-0.2, -0.15) is 0 Å². The molecule has 17 heteroatoms. The third-order valence-corrected chi connectivity index (χ3v) is 12.4. The molecule has 4 aromatic heterocycles. The molecule has 2 amide bonds. The third kappa shape index (κ3) is 8.20. The van der Waals surface area contributed by atoms with Crippen molar-refractivity contribution in [1.82, 2.24) is 40.0 Å². The minimum Gasteiger partial charge on any atom is -0.507 e. The predicted molar refractivity (Wildman–Crippen MR) is 220 cm³/mol. The summed E-state index contributed by atoms with van der Waals surface area (Å²) >= 11 is 1.57. The van der Waals surface area contributed by atoms with E-state index < -0.39 is 24.5 Å². The van der Waals surface area contributed by atoms with Crippen molar-refractivity contribution in [1.29, 1.82) is 0 Å². The normalized spacial score (nSPS) is 18.3. The first kappa shape index (κ1) is 41.0. The predicted octanol–water partition coefficient (Wildman–Crippen LogP) is 6.68. The number of hydrogen-bond donors (Lipinski definition) is 3. The van der Waals surface area contributed by atoms with Gasteiger partial charge in [0.1, 0.15) is 29.8 Å². The van der Waals surface area contributed by atoms with Crippen LogP contribution in [0.2, 0.25) is 0 Å². The van der Waals surface area contributed by atoms with Gasteiger partial charge in [-0.15, -0.1) is 21.5 Å². The number of nitrogens with zero attached hydrogens (tertiary/aromatic N) is 7. The van der Waals surface area contributed by atoms with Gasteiger partial charge in [0.2, 0.25) is 11.8 Å². The molecule has 314 valence electrons. The smallest absolute Gasteiger partial charge is 0.267 e. The molecule has 0 saturated carbocycles. The van der Waals surface area contributed by atoms with Crippen LogP contribution in [0.15, 0.2) is 76.9 Å². The summed E-state index contributed by atoms with van der Waals surface area (Å²) in [6.07, 6.45) is -2.04. The number of thiazole rings is 1. The quantitative estimate of drug-likeness (QED) is 0.107. The van der Waals surface area contributed by atoms with E-state index >= 15 is 0 Å². The standard InChI is InChI=1S/C43H46F2N8O6S/c1-23(2)38(43(57)53-20-29(54)15-34(53)42(56)47-24(3)26-9-11-27(12-10-26)40-25(4)46-22-60-40)36-17-37(50-59-36)58-14-13-51-18-28(19-51)52-21-31(41(44)45)39-33(52)16-32(48-49-39)30-7-5-6-8-35(30)55/h5-12,16-17,21-24,28-29,34,38,41,54-55H,13-15,18-20H2,1-4H3,(H,47,56)/t24?,29-,34+,38?/m1/s1. The minimum atomic E-state index is -2.73. The Kier molecular flexibility index (Phi) is 11.7. The molecule has 2 saturated heterocycles. The number of aliphatic hydroxyl groups is 1. The fraction of sp³-hybridized carbons (Fsp3) is 0.395. The summed E-state index contributed by atoms with van der Waals surface area (Å²) in [5.74, 6) is -1.19. The number of fused-ring (bicyclic) bond motifs is 1. The molecule has 0 spiro atoms. The number of ether oxygens (including phenoxy) is 1. The lowest BCUT2D eigenvalue weighted by molar-refractivity contribution is -0.141. The van der Waals surface area contributed by atoms with Gasteiger partial charge in [-0.1, -0.05) is 50.2 Å². The first-order valence-corrected chi connectivity index (χ1v) is 20.8. The van der Waals surface area contributed by atoms with E-state index in [1.165, 1.54) is 17.2 Å². The fourth-order valence-electron chi connectivity index (χ4n) is 8.13. The molecule has 6 heterocycles.